The van der Waals surface area contributed by atoms with Gasteiger partial charge in [-0.2, -0.15) is 0 Å². The van der Waals surface area contributed by atoms with Gasteiger partial charge in [-0.25, -0.2) is 0 Å². The van der Waals surface area contributed by atoms with E-state index in [4.69, 9.17) is 0 Å². The molecule has 3 atom stereocenters. The molecule has 0 bridgehead atoms. The van der Waals surface area contributed by atoms with Crippen molar-refractivity contribution in [3.63, 3.8) is 0 Å². The lowest BCUT2D eigenvalue weighted by atomic mass is 9.81. The van der Waals surface area contributed by atoms with Crippen LogP contribution in [0.3, 0.4) is 0 Å². The first-order valence-electron chi connectivity index (χ1n) is 7.87. The highest BCUT2D eigenvalue weighted by Gasteiger charge is 2.24. The van der Waals surface area contributed by atoms with Gasteiger partial charge in [0.2, 0.25) is 0 Å². The Kier molecular flexibility index (Phi) is 5.47. The summed E-state index contributed by atoms with van der Waals surface area (Å²) in [6.07, 6.45) is 7.01. The monoisotopic (exact) mass is 279 g/mol. The molecule has 0 amide bonds. The molecule has 2 rings (SSSR count). The van der Waals surface area contributed by atoms with Crippen molar-refractivity contribution in [1.29, 1.82) is 0 Å². The molecule has 0 aliphatic heterocycles. The average molecular weight is 279 g/mol. The van der Waals surface area contributed by atoms with Gasteiger partial charge in [-0.15, -0.1) is 11.3 Å². The molecule has 1 aliphatic rings. The average Bonchev–Trinajstić information content (AvgIpc) is 2.75. The third-order valence-electron chi connectivity index (χ3n) is 4.26. The Hall–Kier alpha value is -0.340. The minimum atomic E-state index is 0.515. The summed E-state index contributed by atoms with van der Waals surface area (Å²) in [5.74, 6) is 1.80. The number of hydrogen-bond acceptors (Lipinski definition) is 2. The van der Waals surface area contributed by atoms with Gasteiger partial charge in [0.05, 0.1) is 0 Å². The summed E-state index contributed by atoms with van der Waals surface area (Å²) in [5, 5.41) is 3.86. The quantitative estimate of drug-likeness (QED) is 0.770. The number of thiophene rings is 1. The SMILES string of the molecule is Cc1ccc(C(C)NC2CCCC(CC(C)C)C2)s1. The van der Waals surface area contributed by atoms with Crippen molar-refractivity contribution in [1.82, 2.24) is 5.32 Å². The van der Waals surface area contributed by atoms with Crippen LogP contribution in [0, 0.1) is 18.8 Å². The highest BCUT2D eigenvalue weighted by molar-refractivity contribution is 7.12. The first-order valence-corrected chi connectivity index (χ1v) is 8.68. The van der Waals surface area contributed by atoms with Crippen LogP contribution in [0.4, 0.5) is 0 Å². The molecule has 0 saturated heterocycles. The molecular formula is C17H29NS. The molecule has 1 nitrogen and oxygen atoms in total. The van der Waals surface area contributed by atoms with Crippen LogP contribution in [0.1, 0.15) is 68.7 Å². The fraction of sp³-hybridized carbons (Fsp3) is 0.765. The Morgan fingerprint density at radius 3 is 2.68 bits per heavy atom. The summed E-state index contributed by atoms with van der Waals surface area (Å²) >= 11 is 1.93. The van der Waals surface area contributed by atoms with Gasteiger partial charge in [-0.05, 0) is 57.1 Å². The molecule has 19 heavy (non-hydrogen) atoms. The maximum Gasteiger partial charge on any atom is 0.0388 e. The molecule has 0 spiro atoms. The van der Waals surface area contributed by atoms with E-state index in [9.17, 15) is 0 Å². The number of aryl methyl sites for hydroxylation is 1. The van der Waals surface area contributed by atoms with Gasteiger partial charge in [-0.1, -0.05) is 26.7 Å². The molecule has 1 N–H and O–H groups in total. The van der Waals surface area contributed by atoms with Crippen molar-refractivity contribution in [3.8, 4) is 0 Å². The van der Waals surface area contributed by atoms with E-state index in [0.717, 1.165) is 17.9 Å². The second-order valence-electron chi connectivity index (χ2n) is 6.70. The van der Waals surface area contributed by atoms with E-state index in [1.165, 1.54) is 41.9 Å². The minimum absolute atomic E-state index is 0.515. The van der Waals surface area contributed by atoms with Crippen LogP contribution in [-0.2, 0) is 0 Å². The predicted octanol–water partition coefficient (Wildman–Crippen LogP) is 5.31. The van der Waals surface area contributed by atoms with Crippen LogP contribution in [0.5, 0.6) is 0 Å². The third-order valence-corrected chi connectivity index (χ3v) is 5.44. The molecule has 0 radical (unpaired) electrons. The summed E-state index contributed by atoms with van der Waals surface area (Å²) in [7, 11) is 0. The standard InChI is InChI=1S/C17H29NS/c1-12(2)10-15-6-5-7-16(11-15)18-14(4)17-9-8-13(3)19-17/h8-9,12,14-16,18H,5-7,10-11H2,1-4H3. The van der Waals surface area contributed by atoms with Crippen LogP contribution in [0.2, 0.25) is 0 Å². The second-order valence-corrected chi connectivity index (χ2v) is 8.02. The summed E-state index contributed by atoms with van der Waals surface area (Å²) in [4.78, 5) is 2.91. The van der Waals surface area contributed by atoms with Gasteiger partial charge in [0, 0.05) is 21.8 Å². The van der Waals surface area contributed by atoms with Gasteiger partial charge in [0.1, 0.15) is 0 Å². The van der Waals surface area contributed by atoms with Gasteiger partial charge >= 0.3 is 0 Å². The van der Waals surface area contributed by atoms with E-state index in [0.29, 0.717) is 6.04 Å². The third kappa shape index (κ3) is 4.61. The predicted molar refractivity (Wildman–Crippen MR) is 85.8 cm³/mol. The molecule has 1 aromatic heterocycles. The largest absolute Gasteiger partial charge is 0.307 e. The zero-order chi connectivity index (χ0) is 13.8. The highest BCUT2D eigenvalue weighted by atomic mass is 32.1. The van der Waals surface area contributed by atoms with E-state index in [1.807, 2.05) is 11.3 Å². The van der Waals surface area contributed by atoms with E-state index in [2.05, 4.69) is 45.1 Å². The van der Waals surface area contributed by atoms with Gasteiger partial charge in [0.15, 0.2) is 0 Å². The molecule has 1 saturated carbocycles. The van der Waals surface area contributed by atoms with Gasteiger partial charge in [0.25, 0.3) is 0 Å². The molecule has 108 valence electrons. The second kappa shape index (κ2) is 6.90. The lowest BCUT2D eigenvalue weighted by Crippen LogP contribution is -2.35. The Bertz CT molecular complexity index is 382. The molecule has 3 unspecified atom stereocenters. The summed E-state index contributed by atoms with van der Waals surface area (Å²) < 4.78 is 0. The van der Waals surface area contributed by atoms with Crippen LogP contribution in [-0.4, -0.2) is 6.04 Å². The lowest BCUT2D eigenvalue weighted by Gasteiger charge is -2.32. The number of nitrogens with one attached hydrogen (secondary N) is 1. The molecule has 0 aromatic carbocycles. The molecule has 1 heterocycles. The van der Waals surface area contributed by atoms with Crippen molar-refractivity contribution in [2.24, 2.45) is 11.8 Å². The van der Waals surface area contributed by atoms with Crippen LogP contribution in [0.15, 0.2) is 12.1 Å². The van der Waals surface area contributed by atoms with Crippen LogP contribution in [0.25, 0.3) is 0 Å². The maximum absolute atomic E-state index is 3.86. The normalized spacial score (nSPS) is 25.7. The Morgan fingerprint density at radius 1 is 1.26 bits per heavy atom. The lowest BCUT2D eigenvalue weighted by molar-refractivity contribution is 0.243. The fourth-order valence-corrected chi connectivity index (χ4v) is 4.33. The van der Waals surface area contributed by atoms with Crippen LogP contribution < -0.4 is 5.32 Å². The van der Waals surface area contributed by atoms with Gasteiger partial charge < -0.3 is 5.32 Å². The first kappa shape index (κ1) is 15.1. The van der Waals surface area contributed by atoms with E-state index < -0.39 is 0 Å². The summed E-state index contributed by atoms with van der Waals surface area (Å²) in [5.41, 5.74) is 0. The Morgan fingerprint density at radius 2 is 2.05 bits per heavy atom. The van der Waals surface area contributed by atoms with Crippen molar-refractivity contribution >= 4 is 11.3 Å². The zero-order valence-electron chi connectivity index (χ0n) is 12.9. The van der Waals surface area contributed by atoms with E-state index >= 15 is 0 Å². The van der Waals surface area contributed by atoms with Crippen molar-refractivity contribution in [3.05, 3.63) is 21.9 Å². The van der Waals surface area contributed by atoms with Crippen molar-refractivity contribution in [2.75, 3.05) is 0 Å². The van der Waals surface area contributed by atoms with Crippen molar-refractivity contribution in [2.45, 2.75) is 71.9 Å². The van der Waals surface area contributed by atoms with Crippen LogP contribution >= 0.6 is 11.3 Å². The fourth-order valence-electron chi connectivity index (χ4n) is 3.44. The van der Waals surface area contributed by atoms with Gasteiger partial charge in [-0.3, -0.25) is 0 Å². The summed E-state index contributed by atoms with van der Waals surface area (Å²) in [6.45, 7) is 9.22. The van der Waals surface area contributed by atoms with E-state index in [1.54, 1.807) is 0 Å². The van der Waals surface area contributed by atoms with Crippen molar-refractivity contribution < 1.29 is 0 Å². The molecule has 1 aliphatic carbocycles. The smallest absolute Gasteiger partial charge is 0.0388 e. The first-order chi connectivity index (χ1) is 9.04. The zero-order valence-corrected chi connectivity index (χ0v) is 13.7. The molecule has 1 aromatic rings. The summed E-state index contributed by atoms with van der Waals surface area (Å²) in [6, 6.07) is 5.77. The Balaban J connectivity index is 1.84. The van der Waals surface area contributed by atoms with E-state index in [-0.39, 0.29) is 0 Å². The molecule has 2 heteroatoms. The highest BCUT2D eigenvalue weighted by Crippen LogP contribution is 2.31. The minimum Gasteiger partial charge on any atom is -0.307 e. The maximum atomic E-state index is 3.86. The Labute approximate surface area is 122 Å². The topological polar surface area (TPSA) is 12.0 Å². The molecular weight excluding hydrogens is 250 g/mol. The number of hydrogen-bond donors (Lipinski definition) is 1. The number of rotatable bonds is 5. The molecule has 1 fully saturated rings.